The second kappa shape index (κ2) is 4.75. The van der Waals surface area contributed by atoms with Gasteiger partial charge in [0.25, 0.3) is 0 Å². The largest absolute Gasteiger partial charge is 0.469 e. The van der Waals surface area contributed by atoms with Gasteiger partial charge >= 0.3 is 18.1 Å². The molecule has 0 aromatic rings. The van der Waals surface area contributed by atoms with E-state index in [-0.39, 0.29) is 6.54 Å². The number of esters is 1. The molecule has 0 spiro atoms. The van der Waals surface area contributed by atoms with E-state index in [4.69, 9.17) is 0 Å². The predicted octanol–water partition coefficient (Wildman–Crippen LogP) is 1.58. The standard InChI is InChI=1S/C9H12F5NO2/c1-17-7(16)5-2-6(4-15-3-5)8(10,11)9(12,13)14/h5-6,15H,2-4H2,1H3. The molecule has 1 aliphatic heterocycles. The van der Waals surface area contributed by atoms with Crippen LogP contribution in [0.25, 0.3) is 0 Å². The Kier molecular flexibility index (Phi) is 3.95. The molecule has 1 aliphatic rings. The van der Waals surface area contributed by atoms with Crippen LogP contribution in [0.15, 0.2) is 0 Å². The highest BCUT2D eigenvalue weighted by Gasteiger charge is 2.62. The molecule has 100 valence electrons. The Balaban J connectivity index is 2.76. The van der Waals surface area contributed by atoms with Crippen LogP contribution in [0.3, 0.4) is 0 Å². The molecule has 0 saturated carbocycles. The third-order valence-corrected chi connectivity index (χ3v) is 2.78. The Morgan fingerprint density at radius 3 is 2.29 bits per heavy atom. The zero-order valence-electron chi connectivity index (χ0n) is 8.98. The molecule has 2 atom stereocenters. The number of halogens is 5. The van der Waals surface area contributed by atoms with Crippen molar-refractivity contribution in [3.63, 3.8) is 0 Å². The van der Waals surface area contributed by atoms with E-state index < -0.39 is 42.9 Å². The first-order valence-corrected chi connectivity index (χ1v) is 4.93. The molecular formula is C9H12F5NO2. The van der Waals surface area contributed by atoms with Crippen molar-refractivity contribution in [2.75, 3.05) is 20.2 Å². The number of nitrogens with one attached hydrogen (secondary N) is 1. The van der Waals surface area contributed by atoms with Crippen LogP contribution in [-0.2, 0) is 9.53 Å². The first kappa shape index (κ1) is 14.1. The van der Waals surface area contributed by atoms with Crippen molar-refractivity contribution in [1.29, 1.82) is 0 Å². The summed E-state index contributed by atoms with van der Waals surface area (Å²) >= 11 is 0. The number of methoxy groups -OCH3 is 1. The Morgan fingerprint density at radius 2 is 1.82 bits per heavy atom. The van der Waals surface area contributed by atoms with Crippen LogP contribution in [0.1, 0.15) is 6.42 Å². The lowest BCUT2D eigenvalue weighted by molar-refractivity contribution is -0.304. The number of ether oxygens (including phenoxy) is 1. The van der Waals surface area contributed by atoms with Crippen molar-refractivity contribution in [1.82, 2.24) is 5.32 Å². The van der Waals surface area contributed by atoms with Gasteiger partial charge in [-0.1, -0.05) is 0 Å². The van der Waals surface area contributed by atoms with Crippen LogP contribution >= 0.6 is 0 Å². The number of carbonyl (C=O) groups excluding carboxylic acids is 1. The van der Waals surface area contributed by atoms with Crippen molar-refractivity contribution in [3.05, 3.63) is 0 Å². The van der Waals surface area contributed by atoms with Gasteiger partial charge in [-0.25, -0.2) is 0 Å². The van der Waals surface area contributed by atoms with Crippen LogP contribution in [0.2, 0.25) is 0 Å². The average Bonchev–Trinajstić information content (AvgIpc) is 2.26. The van der Waals surface area contributed by atoms with Crippen molar-refractivity contribution >= 4 is 5.97 Å². The lowest BCUT2D eigenvalue weighted by Gasteiger charge is -2.34. The fourth-order valence-electron chi connectivity index (χ4n) is 1.80. The molecule has 8 heteroatoms. The second-order valence-electron chi connectivity index (χ2n) is 3.93. The maximum Gasteiger partial charge on any atom is 0.453 e. The smallest absolute Gasteiger partial charge is 0.453 e. The Hall–Kier alpha value is -0.920. The molecule has 1 N–H and O–H groups in total. The van der Waals surface area contributed by atoms with Gasteiger partial charge in [-0.3, -0.25) is 4.79 Å². The summed E-state index contributed by atoms with van der Waals surface area (Å²) in [5, 5.41) is 2.40. The summed E-state index contributed by atoms with van der Waals surface area (Å²) < 4.78 is 66.8. The number of piperidine rings is 1. The molecule has 1 heterocycles. The van der Waals surface area contributed by atoms with Crippen molar-refractivity contribution in [2.24, 2.45) is 11.8 Å². The molecule has 2 unspecified atom stereocenters. The molecule has 17 heavy (non-hydrogen) atoms. The molecule has 0 aliphatic carbocycles. The lowest BCUT2D eigenvalue weighted by Crippen LogP contribution is -2.52. The second-order valence-corrected chi connectivity index (χ2v) is 3.93. The number of rotatable bonds is 2. The fourth-order valence-corrected chi connectivity index (χ4v) is 1.80. The van der Waals surface area contributed by atoms with Gasteiger partial charge in [0, 0.05) is 19.0 Å². The zero-order valence-corrected chi connectivity index (χ0v) is 8.98. The van der Waals surface area contributed by atoms with Gasteiger partial charge in [-0.2, -0.15) is 22.0 Å². The molecular weight excluding hydrogens is 249 g/mol. The van der Waals surface area contributed by atoms with Gasteiger partial charge in [0.1, 0.15) is 0 Å². The average molecular weight is 261 g/mol. The van der Waals surface area contributed by atoms with E-state index in [0.717, 1.165) is 7.11 Å². The van der Waals surface area contributed by atoms with E-state index in [2.05, 4.69) is 10.1 Å². The van der Waals surface area contributed by atoms with E-state index in [1.807, 2.05) is 0 Å². The molecule has 0 radical (unpaired) electrons. The van der Waals surface area contributed by atoms with Crippen LogP contribution in [0.5, 0.6) is 0 Å². The van der Waals surface area contributed by atoms with Gasteiger partial charge in [-0.15, -0.1) is 0 Å². The number of hydrogen-bond acceptors (Lipinski definition) is 3. The highest BCUT2D eigenvalue weighted by Crippen LogP contribution is 2.44. The highest BCUT2D eigenvalue weighted by atomic mass is 19.4. The lowest BCUT2D eigenvalue weighted by atomic mass is 9.86. The van der Waals surface area contributed by atoms with Crippen LogP contribution < -0.4 is 5.32 Å². The molecule has 0 amide bonds. The third-order valence-electron chi connectivity index (χ3n) is 2.78. The molecule has 0 bridgehead atoms. The van der Waals surface area contributed by atoms with Gasteiger partial charge < -0.3 is 10.1 Å². The first-order valence-electron chi connectivity index (χ1n) is 4.93. The van der Waals surface area contributed by atoms with Gasteiger partial charge in [0.05, 0.1) is 13.0 Å². The summed E-state index contributed by atoms with van der Waals surface area (Å²) in [5.41, 5.74) is 0. The summed E-state index contributed by atoms with van der Waals surface area (Å²) in [6, 6.07) is 0. The highest BCUT2D eigenvalue weighted by molar-refractivity contribution is 5.72. The van der Waals surface area contributed by atoms with Gasteiger partial charge in [0.15, 0.2) is 0 Å². The zero-order chi connectivity index (χ0) is 13.3. The molecule has 3 nitrogen and oxygen atoms in total. The van der Waals surface area contributed by atoms with Crippen molar-refractivity contribution < 1.29 is 31.5 Å². The third kappa shape index (κ3) is 2.85. The summed E-state index contributed by atoms with van der Waals surface area (Å²) in [6.07, 6.45) is -6.14. The number of hydrogen-bond donors (Lipinski definition) is 1. The molecule has 0 aromatic heterocycles. The minimum atomic E-state index is -5.60. The molecule has 1 rings (SSSR count). The maximum atomic E-state index is 13.0. The fraction of sp³-hybridized carbons (Fsp3) is 0.889. The molecule has 1 fully saturated rings. The minimum absolute atomic E-state index is 0.0527. The van der Waals surface area contributed by atoms with E-state index >= 15 is 0 Å². The summed E-state index contributed by atoms with van der Waals surface area (Å²) in [7, 11) is 1.06. The quantitative estimate of drug-likeness (QED) is 0.606. The van der Waals surface area contributed by atoms with Crippen LogP contribution in [-0.4, -0.2) is 38.3 Å². The van der Waals surface area contributed by atoms with E-state index in [1.165, 1.54) is 0 Å². The van der Waals surface area contributed by atoms with Crippen molar-refractivity contribution in [3.8, 4) is 0 Å². The van der Waals surface area contributed by atoms with E-state index in [1.54, 1.807) is 0 Å². The monoisotopic (exact) mass is 261 g/mol. The summed E-state index contributed by atoms with van der Waals surface area (Å²) in [4.78, 5) is 11.1. The Bertz CT molecular complexity index is 292. The molecule has 1 saturated heterocycles. The van der Waals surface area contributed by atoms with Gasteiger partial charge in [0.2, 0.25) is 0 Å². The summed E-state index contributed by atoms with van der Waals surface area (Å²) in [5.74, 6) is -8.49. The number of alkyl halides is 5. The number of carbonyl (C=O) groups is 1. The van der Waals surface area contributed by atoms with E-state index in [0.29, 0.717) is 0 Å². The Morgan fingerprint density at radius 1 is 1.24 bits per heavy atom. The van der Waals surface area contributed by atoms with Crippen LogP contribution in [0.4, 0.5) is 22.0 Å². The van der Waals surface area contributed by atoms with Crippen LogP contribution in [0, 0.1) is 11.8 Å². The van der Waals surface area contributed by atoms with Crippen molar-refractivity contribution in [2.45, 2.75) is 18.5 Å². The minimum Gasteiger partial charge on any atom is -0.469 e. The maximum absolute atomic E-state index is 13.0. The van der Waals surface area contributed by atoms with Gasteiger partial charge in [-0.05, 0) is 6.42 Å². The molecule has 0 aromatic carbocycles. The Labute approximate surface area is 94.3 Å². The predicted molar refractivity (Wildman–Crippen MR) is 47.5 cm³/mol. The van der Waals surface area contributed by atoms with E-state index in [9.17, 15) is 26.7 Å². The normalized spacial score (nSPS) is 26.7. The first-order chi connectivity index (χ1) is 7.70. The topological polar surface area (TPSA) is 38.3 Å². The summed E-state index contributed by atoms with van der Waals surface area (Å²) in [6.45, 7) is -0.420. The SMILES string of the molecule is COC(=O)C1CNCC(C(F)(F)C(F)(F)F)C1.